The van der Waals surface area contributed by atoms with Crippen LogP contribution in [0.2, 0.25) is 0 Å². The minimum atomic E-state index is -3.45. The average Bonchev–Trinajstić information content (AvgIpc) is 3.29. The number of hydrogen-bond donors (Lipinski definition) is 1. The molecule has 2 aromatic rings. The molecule has 30 heavy (non-hydrogen) atoms. The Morgan fingerprint density at radius 3 is 2.40 bits per heavy atom. The van der Waals surface area contributed by atoms with E-state index in [1.54, 1.807) is 24.6 Å². The Bertz CT molecular complexity index is 917. The van der Waals surface area contributed by atoms with Crippen LogP contribution in [-0.2, 0) is 14.8 Å². The lowest BCUT2D eigenvalue weighted by Crippen LogP contribution is -2.43. The molecule has 0 bridgehead atoms. The summed E-state index contributed by atoms with van der Waals surface area (Å²) in [4.78, 5) is 13.0. The minimum Gasteiger partial charge on any atom is -0.497 e. The van der Waals surface area contributed by atoms with Gasteiger partial charge < -0.3 is 10.1 Å². The van der Waals surface area contributed by atoms with Crippen LogP contribution in [0.25, 0.3) is 0 Å². The van der Waals surface area contributed by atoms with Gasteiger partial charge in [0.25, 0.3) is 10.0 Å². The van der Waals surface area contributed by atoms with E-state index in [4.69, 9.17) is 4.74 Å². The zero-order valence-corrected chi connectivity index (χ0v) is 19.3. The van der Waals surface area contributed by atoms with Crippen LogP contribution in [0.15, 0.2) is 46.0 Å². The van der Waals surface area contributed by atoms with Crippen molar-refractivity contribution in [2.24, 2.45) is 11.8 Å². The molecule has 8 heteroatoms. The summed E-state index contributed by atoms with van der Waals surface area (Å²) in [6.07, 6.45) is 1.91. The van der Waals surface area contributed by atoms with Gasteiger partial charge in [0.2, 0.25) is 5.91 Å². The lowest BCUT2D eigenvalue weighted by atomic mass is 9.93. The Kier molecular flexibility index (Phi) is 7.55. The predicted octanol–water partition coefficient (Wildman–Crippen LogP) is 4.06. The van der Waals surface area contributed by atoms with Crippen molar-refractivity contribution in [2.75, 3.05) is 20.2 Å². The molecule has 0 radical (unpaired) electrons. The molecular weight excluding hydrogens is 420 g/mol. The molecular formula is C22H30N2O4S2. The van der Waals surface area contributed by atoms with Crippen LogP contribution >= 0.6 is 11.3 Å². The number of carbonyl (C=O) groups is 1. The molecule has 1 aliphatic heterocycles. The molecule has 1 aromatic carbocycles. The quantitative estimate of drug-likeness (QED) is 0.658. The lowest BCUT2D eigenvalue weighted by molar-refractivity contribution is -0.127. The first-order valence-electron chi connectivity index (χ1n) is 10.3. The summed E-state index contributed by atoms with van der Waals surface area (Å²) >= 11 is 1.23. The van der Waals surface area contributed by atoms with Gasteiger partial charge in [-0.1, -0.05) is 32.0 Å². The third kappa shape index (κ3) is 5.42. The highest BCUT2D eigenvalue weighted by molar-refractivity contribution is 7.91. The van der Waals surface area contributed by atoms with Crippen molar-refractivity contribution in [3.05, 3.63) is 47.3 Å². The lowest BCUT2D eigenvalue weighted by Gasteiger charge is -2.31. The van der Waals surface area contributed by atoms with E-state index < -0.39 is 10.0 Å². The molecule has 1 saturated heterocycles. The zero-order chi connectivity index (χ0) is 21.7. The third-order valence-corrected chi connectivity index (χ3v) is 8.73. The highest BCUT2D eigenvalue weighted by atomic mass is 32.2. The molecule has 2 heterocycles. The first kappa shape index (κ1) is 22.8. The van der Waals surface area contributed by atoms with E-state index in [1.807, 2.05) is 24.3 Å². The Morgan fingerprint density at radius 2 is 1.87 bits per heavy atom. The van der Waals surface area contributed by atoms with Gasteiger partial charge in [-0.05, 0) is 54.3 Å². The van der Waals surface area contributed by atoms with E-state index in [0.717, 1.165) is 17.7 Å². The van der Waals surface area contributed by atoms with Crippen molar-refractivity contribution >= 4 is 27.3 Å². The smallest absolute Gasteiger partial charge is 0.252 e. The maximum atomic E-state index is 13.0. The van der Waals surface area contributed by atoms with Gasteiger partial charge in [0.15, 0.2) is 0 Å². The first-order valence-corrected chi connectivity index (χ1v) is 12.6. The second kappa shape index (κ2) is 9.94. The van der Waals surface area contributed by atoms with Crippen LogP contribution in [0.1, 0.15) is 44.7 Å². The number of rotatable bonds is 8. The Hall–Kier alpha value is -1.90. The maximum Gasteiger partial charge on any atom is 0.252 e. The molecule has 3 rings (SSSR count). The number of carbonyl (C=O) groups excluding carboxylic acids is 1. The number of ether oxygens (including phenoxy) is 1. The van der Waals surface area contributed by atoms with Crippen LogP contribution < -0.4 is 10.1 Å². The number of nitrogens with zero attached hydrogens (tertiary/aromatic N) is 1. The normalized spacial score (nSPS) is 17.1. The van der Waals surface area contributed by atoms with Crippen molar-refractivity contribution in [3.63, 3.8) is 0 Å². The monoisotopic (exact) mass is 450 g/mol. The second-order valence-corrected chi connectivity index (χ2v) is 11.2. The number of thiophene rings is 1. The van der Waals surface area contributed by atoms with Gasteiger partial charge in [-0.2, -0.15) is 4.31 Å². The largest absolute Gasteiger partial charge is 0.497 e. The van der Waals surface area contributed by atoms with Gasteiger partial charge in [-0.25, -0.2) is 8.42 Å². The summed E-state index contributed by atoms with van der Waals surface area (Å²) in [6, 6.07) is 11.1. The number of hydrogen-bond acceptors (Lipinski definition) is 5. The molecule has 0 aliphatic carbocycles. The van der Waals surface area contributed by atoms with Crippen molar-refractivity contribution in [1.29, 1.82) is 0 Å². The van der Waals surface area contributed by atoms with Gasteiger partial charge >= 0.3 is 0 Å². The molecule has 1 amide bonds. The highest BCUT2D eigenvalue weighted by Crippen LogP contribution is 2.28. The van der Waals surface area contributed by atoms with Gasteiger partial charge in [0, 0.05) is 19.0 Å². The van der Waals surface area contributed by atoms with Gasteiger partial charge in [-0.3, -0.25) is 4.79 Å². The van der Waals surface area contributed by atoms with Crippen molar-refractivity contribution in [1.82, 2.24) is 9.62 Å². The number of nitrogens with one attached hydrogen (secondary N) is 1. The van der Waals surface area contributed by atoms with E-state index in [9.17, 15) is 13.2 Å². The van der Waals surface area contributed by atoms with E-state index >= 15 is 0 Å². The second-order valence-electron chi connectivity index (χ2n) is 8.07. The van der Waals surface area contributed by atoms with E-state index in [2.05, 4.69) is 19.2 Å². The minimum absolute atomic E-state index is 0.00430. The number of amides is 1. The summed E-state index contributed by atoms with van der Waals surface area (Å²) in [5.41, 5.74) is 1.05. The fourth-order valence-electron chi connectivity index (χ4n) is 3.77. The summed E-state index contributed by atoms with van der Waals surface area (Å²) < 4.78 is 32.5. The number of benzene rings is 1. The Morgan fingerprint density at radius 1 is 1.20 bits per heavy atom. The molecule has 0 spiro atoms. The third-order valence-electron chi connectivity index (χ3n) is 5.46. The van der Waals surface area contributed by atoms with Crippen LogP contribution in [0, 0.1) is 11.8 Å². The fraction of sp³-hybridized carbons (Fsp3) is 0.500. The molecule has 1 unspecified atom stereocenters. The van der Waals surface area contributed by atoms with Gasteiger partial charge in [-0.15, -0.1) is 11.3 Å². The highest BCUT2D eigenvalue weighted by Gasteiger charge is 2.33. The Labute approximate surface area is 183 Å². The van der Waals surface area contributed by atoms with E-state index in [1.165, 1.54) is 15.6 Å². The van der Waals surface area contributed by atoms with Gasteiger partial charge in [0.1, 0.15) is 9.96 Å². The van der Waals surface area contributed by atoms with Crippen LogP contribution in [-0.4, -0.2) is 38.8 Å². The molecule has 1 aromatic heterocycles. The SMILES string of the molecule is COc1ccc(C(CC(C)C)NC(=O)C2CCN(S(=O)(=O)c3cccs3)CC2)cc1. The fourth-order valence-corrected chi connectivity index (χ4v) is 6.39. The van der Waals surface area contributed by atoms with Crippen LogP contribution in [0.3, 0.4) is 0 Å². The molecule has 1 atom stereocenters. The summed E-state index contributed by atoms with van der Waals surface area (Å²) in [6.45, 7) is 5.01. The number of methoxy groups -OCH3 is 1. The molecule has 1 N–H and O–H groups in total. The zero-order valence-electron chi connectivity index (χ0n) is 17.7. The molecule has 164 valence electrons. The van der Waals surface area contributed by atoms with Crippen LogP contribution in [0.4, 0.5) is 0 Å². The van der Waals surface area contributed by atoms with Crippen molar-refractivity contribution < 1.29 is 17.9 Å². The van der Waals surface area contributed by atoms with Crippen molar-refractivity contribution in [2.45, 2.75) is 43.4 Å². The number of sulfonamides is 1. The first-order chi connectivity index (χ1) is 14.3. The Balaban J connectivity index is 1.62. The van der Waals surface area contributed by atoms with Crippen molar-refractivity contribution in [3.8, 4) is 5.75 Å². The molecule has 1 fully saturated rings. The van der Waals surface area contributed by atoms with E-state index in [0.29, 0.717) is 36.1 Å². The average molecular weight is 451 g/mol. The van der Waals surface area contributed by atoms with Gasteiger partial charge in [0.05, 0.1) is 13.2 Å². The van der Waals surface area contributed by atoms with E-state index in [-0.39, 0.29) is 17.9 Å². The molecule has 1 aliphatic rings. The topological polar surface area (TPSA) is 75.7 Å². The maximum absolute atomic E-state index is 13.0. The summed E-state index contributed by atoms with van der Waals surface area (Å²) in [5.74, 6) is 1.04. The standard InChI is InChI=1S/C22H30N2O4S2/c1-16(2)15-20(17-6-8-19(28-3)9-7-17)23-22(25)18-10-12-24(13-11-18)30(26,27)21-5-4-14-29-21/h4-9,14,16,18,20H,10-13,15H2,1-3H3,(H,23,25). The predicted molar refractivity (Wildman–Crippen MR) is 119 cm³/mol. The molecule has 0 saturated carbocycles. The summed E-state index contributed by atoms with van der Waals surface area (Å²) in [5, 5.41) is 4.97. The number of piperidine rings is 1. The summed E-state index contributed by atoms with van der Waals surface area (Å²) in [7, 11) is -1.82. The molecule has 6 nitrogen and oxygen atoms in total. The van der Waals surface area contributed by atoms with Crippen LogP contribution in [0.5, 0.6) is 5.75 Å².